The lowest BCUT2D eigenvalue weighted by molar-refractivity contribution is -0.137. The Morgan fingerprint density at radius 3 is 2.49 bits per heavy atom. The SMILES string of the molecule is C[C@@H]1CCCCO[C@@H](CN(C)C(=O)C2CCCCC2)[C@@H](C)CN([C@@H](C)CO)C(=O)c2cc(NC(=O)c3ccncc3)ccc2O1. The van der Waals surface area contributed by atoms with Crippen LogP contribution in [0.15, 0.2) is 42.7 Å². The molecule has 0 bridgehead atoms. The number of hydrogen-bond acceptors (Lipinski definition) is 7. The predicted octanol–water partition coefficient (Wildman–Crippen LogP) is 5.17. The van der Waals surface area contributed by atoms with Gasteiger partial charge in [-0.05, 0) is 76.3 Å². The van der Waals surface area contributed by atoms with Gasteiger partial charge in [-0.3, -0.25) is 19.4 Å². The molecular formula is C35H50N4O6. The molecule has 2 heterocycles. The fourth-order valence-electron chi connectivity index (χ4n) is 6.19. The highest BCUT2D eigenvalue weighted by atomic mass is 16.5. The van der Waals surface area contributed by atoms with Crippen molar-refractivity contribution in [1.29, 1.82) is 0 Å². The molecule has 1 aromatic heterocycles. The van der Waals surface area contributed by atoms with E-state index in [2.05, 4.69) is 10.3 Å². The lowest BCUT2D eigenvalue weighted by Crippen LogP contribution is -2.48. The van der Waals surface area contributed by atoms with Crippen LogP contribution in [0.2, 0.25) is 0 Å². The number of carbonyl (C=O) groups is 3. The van der Waals surface area contributed by atoms with Crippen LogP contribution in [0, 0.1) is 11.8 Å². The van der Waals surface area contributed by atoms with E-state index in [1.807, 2.05) is 25.8 Å². The average Bonchev–Trinajstić information content (AvgIpc) is 3.06. The lowest BCUT2D eigenvalue weighted by Gasteiger charge is -2.36. The average molecular weight is 623 g/mol. The van der Waals surface area contributed by atoms with Gasteiger partial charge in [0, 0.05) is 62.2 Å². The van der Waals surface area contributed by atoms with E-state index >= 15 is 0 Å². The molecule has 10 nitrogen and oxygen atoms in total. The van der Waals surface area contributed by atoms with Gasteiger partial charge >= 0.3 is 0 Å². The third-order valence-corrected chi connectivity index (χ3v) is 9.04. The van der Waals surface area contributed by atoms with E-state index in [4.69, 9.17) is 9.47 Å². The number of ether oxygens (including phenoxy) is 2. The highest BCUT2D eigenvalue weighted by Gasteiger charge is 2.32. The number of nitrogens with zero attached hydrogens (tertiary/aromatic N) is 3. The molecule has 0 saturated heterocycles. The smallest absolute Gasteiger partial charge is 0.258 e. The van der Waals surface area contributed by atoms with Crippen LogP contribution in [0.1, 0.15) is 92.9 Å². The molecule has 1 saturated carbocycles. The van der Waals surface area contributed by atoms with Gasteiger partial charge in [0.15, 0.2) is 0 Å². The van der Waals surface area contributed by atoms with Crippen LogP contribution < -0.4 is 10.1 Å². The number of hydrogen-bond donors (Lipinski definition) is 2. The maximum Gasteiger partial charge on any atom is 0.258 e. The van der Waals surface area contributed by atoms with Crippen molar-refractivity contribution in [3.63, 3.8) is 0 Å². The molecule has 2 N–H and O–H groups in total. The molecule has 1 aliphatic carbocycles. The third kappa shape index (κ3) is 9.50. The van der Waals surface area contributed by atoms with E-state index in [1.165, 1.54) is 6.42 Å². The van der Waals surface area contributed by atoms with Gasteiger partial charge in [-0.2, -0.15) is 0 Å². The van der Waals surface area contributed by atoms with Crippen molar-refractivity contribution >= 4 is 23.4 Å². The maximum absolute atomic E-state index is 14.3. The van der Waals surface area contributed by atoms with Crippen LogP contribution >= 0.6 is 0 Å². The first-order valence-corrected chi connectivity index (χ1v) is 16.5. The van der Waals surface area contributed by atoms with E-state index in [-0.39, 0.29) is 48.4 Å². The summed E-state index contributed by atoms with van der Waals surface area (Å²) >= 11 is 0. The summed E-state index contributed by atoms with van der Waals surface area (Å²) in [6.45, 7) is 6.88. The largest absolute Gasteiger partial charge is 0.490 e. The second-order valence-corrected chi connectivity index (χ2v) is 12.8. The van der Waals surface area contributed by atoms with Gasteiger partial charge in [0.2, 0.25) is 5.91 Å². The van der Waals surface area contributed by atoms with Gasteiger partial charge in [-0.15, -0.1) is 0 Å². The summed E-state index contributed by atoms with van der Waals surface area (Å²) < 4.78 is 12.7. The van der Waals surface area contributed by atoms with Crippen LogP contribution in [0.3, 0.4) is 0 Å². The minimum absolute atomic E-state index is 0.0660. The molecule has 45 heavy (non-hydrogen) atoms. The Labute approximate surface area is 267 Å². The highest BCUT2D eigenvalue weighted by molar-refractivity contribution is 6.05. The minimum atomic E-state index is -0.490. The van der Waals surface area contributed by atoms with E-state index in [0.29, 0.717) is 42.3 Å². The summed E-state index contributed by atoms with van der Waals surface area (Å²) in [5, 5.41) is 13.1. The number of anilines is 1. The van der Waals surface area contributed by atoms with E-state index in [9.17, 15) is 19.5 Å². The van der Waals surface area contributed by atoms with Crippen molar-refractivity contribution in [2.75, 3.05) is 38.7 Å². The van der Waals surface area contributed by atoms with Crippen molar-refractivity contribution < 1.29 is 29.0 Å². The fourth-order valence-corrected chi connectivity index (χ4v) is 6.19. The molecule has 2 aliphatic rings. The number of likely N-dealkylation sites (N-methyl/N-ethyl adjacent to an activating group) is 1. The van der Waals surface area contributed by atoms with Gasteiger partial charge in [0.25, 0.3) is 11.8 Å². The molecule has 4 rings (SSSR count). The number of fused-ring (bicyclic) bond motifs is 1. The number of benzene rings is 1. The molecule has 246 valence electrons. The Bertz CT molecular complexity index is 1270. The number of pyridine rings is 1. The zero-order chi connectivity index (χ0) is 32.3. The summed E-state index contributed by atoms with van der Waals surface area (Å²) in [4.78, 5) is 47.9. The minimum Gasteiger partial charge on any atom is -0.490 e. The van der Waals surface area contributed by atoms with Crippen LogP contribution in [0.25, 0.3) is 0 Å². The Morgan fingerprint density at radius 2 is 1.78 bits per heavy atom. The van der Waals surface area contributed by atoms with Crippen molar-refractivity contribution in [1.82, 2.24) is 14.8 Å². The van der Waals surface area contributed by atoms with Gasteiger partial charge in [0.1, 0.15) is 5.75 Å². The van der Waals surface area contributed by atoms with E-state index in [1.54, 1.807) is 54.5 Å². The van der Waals surface area contributed by atoms with E-state index in [0.717, 1.165) is 44.9 Å². The van der Waals surface area contributed by atoms with Crippen LogP contribution in [-0.2, 0) is 9.53 Å². The maximum atomic E-state index is 14.3. The van der Waals surface area contributed by atoms with Crippen molar-refractivity contribution in [2.24, 2.45) is 11.8 Å². The molecule has 0 radical (unpaired) electrons. The van der Waals surface area contributed by atoms with Crippen LogP contribution in [0.4, 0.5) is 5.69 Å². The summed E-state index contributed by atoms with van der Waals surface area (Å²) in [5.74, 6) is -0.0987. The second-order valence-electron chi connectivity index (χ2n) is 12.8. The zero-order valence-corrected chi connectivity index (χ0v) is 27.2. The van der Waals surface area contributed by atoms with Crippen molar-refractivity contribution in [3.8, 4) is 5.75 Å². The first kappa shape index (κ1) is 34.4. The molecule has 2 aromatic rings. The molecule has 3 amide bonds. The summed E-state index contributed by atoms with van der Waals surface area (Å²) in [5.41, 5.74) is 1.21. The topological polar surface area (TPSA) is 121 Å². The number of rotatable bonds is 7. The zero-order valence-electron chi connectivity index (χ0n) is 27.2. The van der Waals surface area contributed by atoms with Gasteiger partial charge in [0.05, 0.1) is 30.4 Å². The van der Waals surface area contributed by atoms with Gasteiger partial charge in [-0.25, -0.2) is 0 Å². The van der Waals surface area contributed by atoms with Gasteiger partial charge < -0.3 is 29.7 Å². The number of aromatic nitrogens is 1. The Balaban J connectivity index is 1.61. The predicted molar refractivity (Wildman–Crippen MR) is 173 cm³/mol. The first-order chi connectivity index (χ1) is 21.7. The fraction of sp³-hybridized carbons (Fsp3) is 0.600. The molecule has 1 aliphatic heterocycles. The number of aliphatic hydroxyl groups is 1. The molecule has 1 aromatic carbocycles. The van der Waals surface area contributed by atoms with Gasteiger partial charge in [-0.1, -0.05) is 26.2 Å². The molecular weight excluding hydrogens is 572 g/mol. The number of aliphatic hydroxyl groups excluding tert-OH is 1. The van der Waals surface area contributed by atoms with E-state index < -0.39 is 6.04 Å². The second kappa shape index (κ2) is 16.7. The summed E-state index contributed by atoms with van der Waals surface area (Å²) in [6.07, 6.45) is 10.4. The molecule has 1 fully saturated rings. The summed E-state index contributed by atoms with van der Waals surface area (Å²) in [6, 6.07) is 7.84. The number of carbonyl (C=O) groups excluding carboxylic acids is 3. The Morgan fingerprint density at radius 1 is 1.07 bits per heavy atom. The van der Waals surface area contributed by atoms with Crippen molar-refractivity contribution in [2.45, 2.75) is 90.4 Å². The van der Waals surface area contributed by atoms with Crippen LogP contribution in [0.5, 0.6) is 5.75 Å². The highest BCUT2D eigenvalue weighted by Crippen LogP contribution is 2.29. The van der Waals surface area contributed by atoms with Crippen LogP contribution in [-0.4, -0.2) is 89.2 Å². The Hall–Kier alpha value is -3.50. The quantitative estimate of drug-likeness (QED) is 0.437. The normalized spacial score (nSPS) is 22.8. The standard InChI is InChI=1S/C35H50N4O6/c1-24-21-39(25(2)23-40)35(43)30-20-29(37-33(41)27-15-17-36-18-16-27)13-14-31(30)45-26(3)10-8-9-19-44-32(24)22-38(4)34(42)28-11-6-5-7-12-28/h13-18,20,24-26,28,32,40H,5-12,19,21-23H2,1-4H3,(H,37,41)/t24-,25-,26+,32-/m0/s1. The number of nitrogens with one attached hydrogen (secondary N) is 1. The monoisotopic (exact) mass is 622 g/mol. The Kier molecular flexibility index (Phi) is 12.8. The third-order valence-electron chi connectivity index (χ3n) is 9.04. The van der Waals surface area contributed by atoms with Crippen molar-refractivity contribution in [3.05, 3.63) is 53.9 Å². The summed E-state index contributed by atoms with van der Waals surface area (Å²) in [7, 11) is 1.86. The number of amides is 3. The molecule has 0 unspecified atom stereocenters. The lowest BCUT2D eigenvalue weighted by atomic mass is 9.88. The molecule has 0 spiro atoms. The molecule has 4 atom stereocenters. The first-order valence-electron chi connectivity index (χ1n) is 16.5. The molecule has 10 heteroatoms.